The van der Waals surface area contributed by atoms with Gasteiger partial charge in [0.1, 0.15) is 34.8 Å². The van der Waals surface area contributed by atoms with Crippen LogP contribution in [0.2, 0.25) is 0 Å². The van der Waals surface area contributed by atoms with E-state index in [4.69, 9.17) is 10.5 Å². The van der Waals surface area contributed by atoms with E-state index in [1.165, 1.54) is 30.7 Å². The van der Waals surface area contributed by atoms with Gasteiger partial charge in [0.05, 0.1) is 16.8 Å². The summed E-state index contributed by atoms with van der Waals surface area (Å²) in [4.78, 5) is 71.6. The van der Waals surface area contributed by atoms with Gasteiger partial charge in [0.25, 0.3) is 28.6 Å². The van der Waals surface area contributed by atoms with E-state index in [0.29, 0.717) is 22.6 Å². The van der Waals surface area contributed by atoms with Crippen molar-refractivity contribution in [3.8, 4) is 5.75 Å². The quantitative estimate of drug-likeness (QED) is 0.133. The molecule has 0 aliphatic carbocycles. The highest BCUT2D eigenvalue weighted by atomic mass is 19.1. The number of H-pyrrole nitrogens is 1. The number of fused-ring (bicyclic) bond motifs is 2. The summed E-state index contributed by atoms with van der Waals surface area (Å²) in [7, 11) is 0. The molecule has 5 aromatic rings. The minimum atomic E-state index is -0.779. The predicted octanol–water partition coefficient (Wildman–Crippen LogP) is 1.08. The van der Waals surface area contributed by atoms with E-state index in [1.807, 2.05) is 0 Å². The van der Waals surface area contributed by atoms with Crippen molar-refractivity contribution in [3.63, 3.8) is 0 Å². The third-order valence-corrected chi connectivity index (χ3v) is 7.02. The van der Waals surface area contributed by atoms with E-state index in [0.717, 1.165) is 0 Å². The van der Waals surface area contributed by atoms with Gasteiger partial charge in [-0.1, -0.05) is 12.1 Å². The van der Waals surface area contributed by atoms with Gasteiger partial charge in [-0.15, -0.1) is 0 Å². The van der Waals surface area contributed by atoms with E-state index in [2.05, 4.69) is 36.2 Å². The van der Waals surface area contributed by atoms with Crippen molar-refractivity contribution in [1.29, 1.82) is 0 Å². The van der Waals surface area contributed by atoms with Crippen LogP contribution in [-0.4, -0.2) is 39.3 Å². The molecule has 0 saturated heterocycles. The number of nitrogens with zero attached hydrogens (tertiary/aromatic N) is 2. The summed E-state index contributed by atoms with van der Waals surface area (Å²) >= 11 is 0. The van der Waals surface area contributed by atoms with Crippen molar-refractivity contribution < 1.29 is 23.5 Å². The molecule has 15 heteroatoms. The summed E-state index contributed by atoms with van der Waals surface area (Å²) < 4.78 is 19.7. The van der Waals surface area contributed by atoms with E-state index in [1.54, 1.807) is 18.2 Å². The molecule has 1 aliphatic rings. The van der Waals surface area contributed by atoms with Gasteiger partial charge in [0, 0.05) is 31.4 Å². The fourth-order valence-corrected chi connectivity index (χ4v) is 4.71. The Hall–Kier alpha value is -6.12. The van der Waals surface area contributed by atoms with Crippen LogP contribution in [0.5, 0.6) is 5.75 Å². The Kier molecular flexibility index (Phi) is 7.18. The van der Waals surface area contributed by atoms with Crippen molar-refractivity contribution in [2.75, 3.05) is 23.0 Å². The average Bonchev–Trinajstić information content (AvgIpc) is 3.47. The van der Waals surface area contributed by atoms with Gasteiger partial charge in [-0.25, -0.2) is 14.4 Å². The Bertz CT molecular complexity index is 2050. The first-order chi connectivity index (χ1) is 21.2. The smallest absolute Gasteiger partial charge is 0.272 e. The summed E-state index contributed by atoms with van der Waals surface area (Å²) in [5.74, 6) is -1.29. The van der Waals surface area contributed by atoms with Crippen LogP contribution in [0.15, 0.2) is 58.5 Å². The van der Waals surface area contributed by atoms with E-state index < -0.39 is 28.5 Å². The number of amides is 3. The Labute approximate surface area is 246 Å². The minimum absolute atomic E-state index is 0.0294. The molecule has 0 unspecified atom stereocenters. The molecule has 222 valence electrons. The van der Waals surface area contributed by atoms with Crippen molar-refractivity contribution in [2.45, 2.75) is 19.6 Å². The maximum absolute atomic E-state index is 14.3. The van der Waals surface area contributed by atoms with Crippen molar-refractivity contribution in [1.82, 2.24) is 25.6 Å². The molecule has 7 N–H and O–H groups in total. The van der Waals surface area contributed by atoms with Crippen LogP contribution >= 0.6 is 0 Å². The number of aromatic nitrogens is 3. The number of rotatable bonds is 9. The van der Waals surface area contributed by atoms with Crippen LogP contribution in [0, 0.1) is 5.82 Å². The molecule has 1 aliphatic heterocycles. The van der Waals surface area contributed by atoms with Gasteiger partial charge in [0.2, 0.25) is 0 Å². The largest absolute Gasteiger partial charge is 0.482 e. The molecule has 0 spiro atoms. The third kappa shape index (κ3) is 5.29. The number of nitrogens with two attached hydrogens (primary N) is 1. The van der Waals surface area contributed by atoms with Crippen LogP contribution in [0.3, 0.4) is 0 Å². The lowest BCUT2D eigenvalue weighted by Crippen LogP contribution is -2.37. The zero-order chi connectivity index (χ0) is 31.0. The number of hydrogen-bond acceptors (Lipinski definition) is 10. The number of carbonyl (C=O) groups excluding carboxylic acids is 3. The van der Waals surface area contributed by atoms with Crippen LogP contribution in [0.1, 0.15) is 37.5 Å². The molecule has 0 fully saturated rings. The monoisotopic (exact) mass is 598 g/mol. The lowest BCUT2D eigenvalue weighted by atomic mass is 10.1. The van der Waals surface area contributed by atoms with Gasteiger partial charge in [0.15, 0.2) is 12.3 Å². The number of benzene rings is 2. The van der Waals surface area contributed by atoms with Crippen LogP contribution < -0.4 is 42.6 Å². The fraction of sp³-hybridized carbons (Fsp3) is 0.138. The standard InChI is InChI=1S/C29H23FN8O6/c30-17-3-1-13(5-15(17)9-32-23-21(31)26(40)27(23)41)7-34-28(42)16-10-33-24-22(16)36-12-37-25(24)29(43)35-8-14-2-4-19-18(6-14)38-20(39)11-44-19/h1-6,10,12,32-33H,7-9,11,31H2,(H,34,42)(H,35,43)(H,38,39). The zero-order valence-electron chi connectivity index (χ0n) is 22.7. The molecule has 2 aromatic heterocycles. The van der Waals surface area contributed by atoms with Crippen LogP contribution in [0.4, 0.5) is 21.5 Å². The summed E-state index contributed by atoms with van der Waals surface area (Å²) in [6.45, 7) is 0.0177. The number of nitrogen functional groups attached to an aromatic ring is 1. The molecule has 0 saturated carbocycles. The number of aromatic amines is 1. The molecule has 44 heavy (non-hydrogen) atoms. The Morgan fingerprint density at radius 3 is 2.50 bits per heavy atom. The van der Waals surface area contributed by atoms with Gasteiger partial charge in [-0.2, -0.15) is 0 Å². The highest BCUT2D eigenvalue weighted by Crippen LogP contribution is 2.28. The summed E-state index contributed by atoms with van der Waals surface area (Å²) in [6.07, 6.45) is 2.59. The molecule has 0 bridgehead atoms. The molecule has 14 nitrogen and oxygen atoms in total. The molecule has 0 radical (unpaired) electrons. The topological polar surface area (TPSA) is 210 Å². The number of carbonyl (C=O) groups is 3. The molecular formula is C29H23FN8O6. The van der Waals surface area contributed by atoms with Gasteiger partial charge in [-0.05, 0) is 35.4 Å². The highest BCUT2D eigenvalue weighted by Gasteiger charge is 2.21. The van der Waals surface area contributed by atoms with E-state index >= 15 is 0 Å². The first kappa shape index (κ1) is 28.0. The zero-order valence-corrected chi connectivity index (χ0v) is 22.7. The maximum Gasteiger partial charge on any atom is 0.272 e. The maximum atomic E-state index is 14.3. The first-order valence-electron chi connectivity index (χ1n) is 13.2. The third-order valence-electron chi connectivity index (χ3n) is 7.02. The molecule has 3 heterocycles. The van der Waals surface area contributed by atoms with Crippen molar-refractivity contribution in [3.05, 3.63) is 103 Å². The van der Waals surface area contributed by atoms with Crippen molar-refractivity contribution >= 4 is 45.8 Å². The van der Waals surface area contributed by atoms with Crippen LogP contribution in [-0.2, 0) is 24.4 Å². The second kappa shape index (κ2) is 11.3. The number of ether oxygens (including phenoxy) is 1. The number of nitrogens with one attached hydrogen (secondary N) is 5. The minimum Gasteiger partial charge on any atom is -0.482 e. The lowest BCUT2D eigenvalue weighted by Gasteiger charge is -2.18. The molecule has 6 rings (SSSR count). The second-order valence-corrected chi connectivity index (χ2v) is 9.91. The molecule has 3 amide bonds. The van der Waals surface area contributed by atoms with E-state index in [9.17, 15) is 28.4 Å². The van der Waals surface area contributed by atoms with Crippen LogP contribution in [0.25, 0.3) is 11.0 Å². The Morgan fingerprint density at radius 2 is 1.70 bits per heavy atom. The van der Waals surface area contributed by atoms with Gasteiger partial charge in [-0.3, -0.25) is 24.0 Å². The Balaban J connectivity index is 1.10. The SMILES string of the molecule is Nc1c(NCc2cc(CNC(=O)c3c[nH]c4c(C(=O)NCc5ccc6c(c5)NC(=O)CO6)ncnc34)ccc2F)c(=O)c1=O. The summed E-state index contributed by atoms with van der Waals surface area (Å²) in [5, 5.41) is 10.9. The van der Waals surface area contributed by atoms with Gasteiger partial charge < -0.3 is 36.7 Å². The average molecular weight is 599 g/mol. The van der Waals surface area contributed by atoms with E-state index in [-0.39, 0.29) is 71.4 Å². The first-order valence-corrected chi connectivity index (χ1v) is 13.2. The normalized spacial score (nSPS) is 12.3. The summed E-state index contributed by atoms with van der Waals surface area (Å²) in [5.41, 5.74) is 6.40. The van der Waals surface area contributed by atoms with Gasteiger partial charge >= 0.3 is 0 Å². The molecule has 3 aromatic carbocycles. The summed E-state index contributed by atoms with van der Waals surface area (Å²) in [6, 6.07) is 9.39. The lowest BCUT2D eigenvalue weighted by molar-refractivity contribution is -0.118. The number of hydrogen-bond donors (Lipinski definition) is 6. The predicted molar refractivity (Wildman–Crippen MR) is 156 cm³/mol. The second-order valence-electron chi connectivity index (χ2n) is 9.91. The number of anilines is 3. The molecular weight excluding hydrogens is 575 g/mol. The Morgan fingerprint density at radius 1 is 0.955 bits per heavy atom. The fourth-order valence-electron chi connectivity index (χ4n) is 4.71. The highest BCUT2D eigenvalue weighted by molar-refractivity contribution is 6.10. The molecule has 0 atom stereocenters. The van der Waals surface area contributed by atoms with Crippen molar-refractivity contribution in [2.24, 2.45) is 0 Å². The number of halogens is 1.